The van der Waals surface area contributed by atoms with Crippen LogP contribution in [0, 0.1) is 34.5 Å². The van der Waals surface area contributed by atoms with Crippen LogP contribution in [0.4, 0.5) is 0 Å². The van der Waals surface area contributed by atoms with E-state index in [9.17, 15) is 0 Å². The summed E-state index contributed by atoms with van der Waals surface area (Å²) < 4.78 is 0. The SMILES string of the molecule is N#CC1C=CCC(Cl)C1C#N. The van der Waals surface area contributed by atoms with Crippen LogP contribution in [0.15, 0.2) is 12.2 Å². The van der Waals surface area contributed by atoms with Gasteiger partial charge in [0.15, 0.2) is 0 Å². The van der Waals surface area contributed by atoms with Gasteiger partial charge in [0.25, 0.3) is 0 Å². The maximum atomic E-state index is 8.64. The third-order valence-electron chi connectivity index (χ3n) is 1.78. The summed E-state index contributed by atoms with van der Waals surface area (Å²) in [4.78, 5) is 0. The minimum atomic E-state index is -0.341. The van der Waals surface area contributed by atoms with E-state index in [4.69, 9.17) is 22.1 Å². The van der Waals surface area contributed by atoms with Crippen LogP contribution in [-0.2, 0) is 0 Å². The van der Waals surface area contributed by atoms with Gasteiger partial charge in [-0.2, -0.15) is 10.5 Å². The topological polar surface area (TPSA) is 47.6 Å². The largest absolute Gasteiger partial charge is 0.198 e. The van der Waals surface area contributed by atoms with Crippen LogP contribution in [0.1, 0.15) is 6.42 Å². The fourth-order valence-corrected chi connectivity index (χ4v) is 1.45. The molecular formula is C8H7ClN2. The van der Waals surface area contributed by atoms with E-state index >= 15 is 0 Å². The molecule has 0 fully saturated rings. The summed E-state index contributed by atoms with van der Waals surface area (Å²) in [6.07, 6.45) is 4.31. The molecule has 0 N–H and O–H groups in total. The summed E-state index contributed by atoms with van der Waals surface area (Å²) in [5.74, 6) is -0.664. The standard InChI is InChI=1S/C8H7ClN2/c9-8-3-1-2-6(4-10)7(8)5-11/h1-2,6-8H,3H2. The molecule has 0 aliphatic heterocycles. The molecule has 0 amide bonds. The molecule has 0 radical (unpaired) electrons. The molecule has 56 valence electrons. The van der Waals surface area contributed by atoms with Crippen molar-refractivity contribution in [3.63, 3.8) is 0 Å². The highest BCUT2D eigenvalue weighted by Gasteiger charge is 2.28. The van der Waals surface area contributed by atoms with Gasteiger partial charge in [0.1, 0.15) is 0 Å². The zero-order valence-electron chi connectivity index (χ0n) is 5.87. The fraction of sp³-hybridized carbons (Fsp3) is 0.500. The summed E-state index contributed by atoms with van der Waals surface area (Å²) in [7, 11) is 0. The van der Waals surface area contributed by atoms with E-state index in [0.717, 1.165) is 0 Å². The molecule has 0 spiro atoms. The second-order valence-electron chi connectivity index (χ2n) is 2.49. The van der Waals surface area contributed by atoms with Gasteiger partial charge in [0.05, 0.1) is 29.4 Å². The molecule has 1 rings (SSSR count). The molecule has 0 saturated carbocycles. The Morgan fingerprint density at radius 1 is 1.36 bits per heavy atom. The fourth-order valence-electron chi connectivity index (χ4n) is 1.13. The molecule has 3 unspecified atom stereocenters. The third kappa shape index (κ3) is 1.53. The maximum absolute atomic E-state index is 8.64. The second kappa shape index (κ2) is 3.42. The van der Waals surface area contributed by atoms with Crippen LogP contribution in [-0.4, -0.2) is 5.38 Å². The maximum Gasteiger partial charge on any atom is 0.0823 e. The molecule has 11 heavy (non-hydrogen) atoms. The van der Waals surface area contributed by atoms with E-state index in [0.29, 0.717) is 6.42 Å². The molecule has 0 aromatic rings. The van der Waals surface area contributed by atoms with Crippen LogP contribution in [0.2, 0.25) is 0 Å². The molecule has 0 saturated heterocycles. The first-order chi connectivity index (χ1) is 5.29. The number of rotatable bonds is 0. The van der Waals surface area contributed by atoms with Crippen LogP contribution >= 0.6 is 11.6 Å². The molecule has 2 nitrogen and oxygen atoms in total. The Balaban J connectivity index is 2.81. The van der Waals surface area contributed by atoms with Crippen molar-refractivity contribution >= 4 is 11.6 Å². The van der Waals surface area contributed by atoms with Crippen LogP contribution < -0.4 is 0 Å². The molecular weight excluding hydrogens is 160 g/mol. The van der Waals surface area contributed by atoms with Gasteiger partial charge in [-0.15, -0.1) is 11.6 Å². The van der Waals surface area contributed by atoms with E-state index in [1.807, 2.05) is 18.2 Å². The molecule has 0 aromatic heterocycles. The predicted molar refractivity (Wildman–Crippen MR) is 41.6 cm³/mol. The number of alkyl halides is 1. The normalized spacial score (nSPS) is 35.7. The summed E-state index contributed by atoms with van der Waals surface area (Å²) >= 11 is 5.83. The average molecular weight is 167 g/mol. The lowest BCUT2D eigenvalue weighted by Crippen LogP contribution is -2.23. The van der Waals surface area contributed by atoms with Gasteiger partial charge in [-0.1, -0.05) is 12.2 Å². The van der Waals surface area contributed by atoms with Gasteiger partial charge >= 0.3 is 0 Å². The van der Waals surface area contributed by atoms with Crippen molar-refractivity contribution in [1.29, 1.82) is 10.5 Å². The minimum absolute atomic E-state index is 0.199. The van der Waals surface area contributed by atoms with E-state index in [2.05, 4.69) is 0 Å². The Hall–Kier alpha value is -0.990. The summed E-state index contributed by atoms with van der Waals surface area (Å²) in [6, 6.07) is 4.09. The molecule has 0 heterocycles. The van der Waals surface area contributed by atoms with Crippen molar-refractivity contribution in [3.8, 4) is 12.1 Å². The van der Waals surface area contributed by atoms with Gasteiger partial charge in [0.2, 0.25) is 0 Å². The van der Waals surface area contributed by atoms with Gasteiger partial charge < -0.3 is 0 Å². The Labute approximate surface area is 70.7 Å². The van der Waals surface area contributed by atoms with E-state index < -0.39 is 0 Å². The van der Waals surface area contributed by atoms with Crippen molar-refractivity contribution in [2.75, 3.05) is 0 Å². The molecule has 1 aliphatic rings. The summed E-state index contributed by atoms with van der Waals surface area (Å²) in [6.45, 7) is 0. The Morgan fingerprint density at radius 2 is 2.09 bits per heavy atom. The van der Waals surface area contributed by atoms with E-state index in [-0.39, 0.29) is 17.2 Å². The zero-order valence-corrected chi connectivity index (χ0v) is 6.62. The Kier molecular flexibility index (Phi) is 2.52. The number of hydrogen-bond acceptors (Lipinski definition) is 2. The van der Waals surface area contributed by atoms with E-state index in [1.165, 1.54) is 0 Å². The third-order valence-corrected chi connectivity index (χ3v) is 2.23. The van der Waals surface area contributed by atoms with Crippen LogP contribution in [0.5, 0.6) is 0 Å². The molecule has 0 aromatic carbocycles. The van der Waals surface area contributed by atoms with Crippen molar-refractivity contribution in [2.45, 2.75) is 11.8 Å². The number of nitrogens with zero attached hydrogens (tertiary/aromatic N) is 2. The van der Waals surface area contributed by atoms with E-state index in [1.54, 1.807) is 6.08 Å². The quantitative estimate of drug-likeness (QED) is 0.407. The monoisotopic (exact) mass is 166 g/mol. The average Bonchev–Trinajstić information content (AvgIpc) is 2.04. The number of hydrogen-bond donors (Lipinski definition) is 0. The highest BCUT2D eigenvalue weighted by molar-refractivity contribution is 6.21. The van der Waals surface area contributed by atoms with Crippen molar-refractivity contribution in [2.24, 2.45) is 11.8 Å². The van der Waals surface area contributed by atoms with Crippen LogP contribution in [0.25, 0.3) is 0 Å². The second-order valence-corrected chi connectivity index (χ2v) is 3.05. The molecule has 0 bridgehead atoms. The molecule has 1 aliphatic carbocycles. The van der Waals surface area contributed by atoms with Crippen molar-refractivity contribution < 1.29 is 0 Å². The van der Waals surface area contributed by atoms with Crippen molar-refractivity contribution in [1.82, 2.24) is 0 Å². The zero-order chi connectivity index (χ0) is 8.27. The first kappa shape index (κ1) is 8.11. The number of allylic oxidation sites excluding steroid dienone is 2. The molecule has 3 atom stereocenters. The summed E-state index contributed by atoms with van der Waals surface area (Å²) in [5.41, 5.74) is 0. The highest BCUT2D eigenvalue weighted by atomic mass is 35.5. The van der Waals surface area contributed by atoms with Gasteiger partial charge in [-0.3, -0.25) is 0 Å². The smallest absolute Gasteiger partial charge is 0.0823 e. The van der Waals surface area contributed by atoms with Crippen LogP contribution in [0.3, 0.4) is 0 Å². The predicted octanol–water partition coefficient (Wildman–Crippen LogP) is 1.83. The van der Waals surface area contributed by atoms with Gasteiger partial charge in [0, 0.05) is 0 Å². The number of halogens is 1. The number of nitriles is 2. The lowest BCUT2D eigenvalue weighted by molar-refractivity contribution is 0.523. The lowest BCUT2D eigenvalue weighted by atomic mass is 9.86. The van der Waals surface area contributed by atoms with Gasteiger partial charge in [-0.05, 0) is 6.42 Å². The van der Waals surface area contributed by atoms with Gasteiger partial charge in [-0.25, -0.2) is 0 Å². The Morgan fingerprint density at radius 3 is 2.55 bits per heavy atom. The Bertz CT molecular complexity index is 246. The minimum Gasteiger partial charge on any atom is -0.198 e. The summed E-state index contributed by atoms with van der Waals surface area (Å²) in [5, 5.41) is 17.0. The lowest BCUT2D eigenvalue weighted by Gasteiger charge is -2.20. The first-order valence-corrected chi connectivity index (χ1v) is 3.83. The first-order valence-electron chi connectivity index (χ1n) is 3.39. The molecule has 3 heteroatoms. The highest BCUT2D eigenvalue weighted by Crippen LogP contribution is 2.27. The van der Waals surface area contributed by atoms with Crippen molar-refractivity contribution in [3.05, 3.63) is 12.2 Å².